The molecule has 0 spiro atoms. The average molecular weight is 535 g/mol. The molecule has 0 radical (unpaired) electrons. The van der Waals surface area contributed by atoms with Crippen molar-refractivity contribution in [3.05, 3.63) is 101 Å². The fourth-order valence-electron chi connectivity index (χ4n) is 9.23. The molecule has 40 heavy (non-hydrogen) atoms. The van der Waals surface area contributed by atoms with E-state index in [1.165, 1.54) is 72.8 Å². The van der Waals surface area contributed by atoms with Crippen LogP contribution in [0.2, 0.25) is 0 Å². The summed E-state index contributed by atoms with van der Waals surface area (Å²) < 4.78 is 14.2. The third kappa shape index (κ3) is 4.81. The lowest BCUT2D eigenvalue weighted by Crippen LogP contribution is -2.39. The molecule has 0 N–H and O–H groups in total. The van der Waals surface area contributed by atoms with Gasteiger partial charge in [-0.1, -0.05) is 87.9 Å². The monoisotopic (exact) mass is 534 g/mol. The number of hydrogen-bond donors (Lipinski definition) is 0. The van der Waals surface area contributed by atoms with Crippen molar-refractivity contribution in [3.8, 4) is 5.75 Å². The number of fused-ring (bicyclic) bond motifs is 7. The van der Waals surface area contributed by atoms with Crippen molar-refractivity contribution in [2.75, 3.05) is 0 Å². The van der Waals surface area contributed by atoms with Crippen LogP contribution in [0.25, 0.3) is 0 Å². The van der Waals surface area contributed by atoms with Gasteiger partial charge in [0.15, 0.2) is 0 Å². The molecular weight excluding hydrogens is 488 g/mol. The summed E-state index contributed by atoms with van der Waals surface area (Å²) in [6.07, 6.45) is 10.2. The van der Waals surface area contributed by atoms with E-state index in [0.29, 0.717) is 23.9 Å². The van der Waals surface area contributed by atoms with E-state index in [1.807, 2.05) is 0 Å². The summed E-state index contributed by atoms with van der Waals surface area (Å²) in [7, 11) is 0. The van der Waals surface area contributed by atoms with Crippen molar-refractivity contribution in [3.63, 3.8) is 0 Å². The van der Waals surface area contributed by atoms with Gasteiger partial charge in [-0.05, 0) is 120 Å². The standard InChI is InChI=1S/C38H46O2/c1-4-25(20-24(2)3)26-16-18-30(19-17-26)39-38(40-36-23-29-22-35(36)34-15-9-14-31(29)34)37-32-12-7-5-10-27(32)21-28-11-6-8-13-33(28)37/h5-8,10-13,16-19,24-25,29,31,34-38H,4,9,14-15,20-23H2,1-3H3. The smallest absolute Gasteiger partial charge is 0.211 e. The highest BCUT2D eigenvalue weighted by molar-refractivity contribution is 5.50. The molecule has 4 aliphatic rings. The minimum absolute atomic E-state index is 0.0728. The van der Waals surface area contributed by atoms with Crippen molar-refractivity contribution in [1.29, 1.82) is 0 Å². The lowest BCUT2D eigenvalue weighted by atomic mass is 9.77. The quantitative estimate of drug-likeness (QED) is 0.255. The summed E-state index contributed by atoms with van der Waals surface area (Å²) in [6.45, 7) is 6.96. The molecule has 2 heteroatoms. The highest BCUT2D eigenvalue weighted by Crippen LogP contribution is 2.60. The van der Waals surface area contributed by atoms with Crippen LogP contribution in [0.4, 0.5) is 0 Å². The zero-order valence-corrected chi connectivity index (χ0v) is 24.6. The van der Waals surface area contributed by atoms with Crippen molar-refractivity contribution < 1.29 is 9.47 Å². The lowest BCUT2D eigenvalue weighted by Gasteiger charge is -2.39. The van der Waals surface area contributed by atoms with Crippen LogP contribution in [-0.4, -0.2) is 12.4 Å². The second kappa shape index (κ2) is 11.0. The number of ether oxygens (including phenoxy) is 2. The molecule has 3 saturated carbocycles. The molecule has 7 atom stereocenters. The molecule has 4 aliphatic carbocycles. The van der Waals surface area contributed by atoms with Crippen LogP contribution in [-0.2, 0) is 11.2 Å². The fourth-order valence-corrected chi connectivity index (χ4v) is 9.23. The van der Waals surface area contributed by atoms with E-state index in [4.69, 9.17) is 9.47 Å². The minimum Gasteiger partial charge on any atom is -0.464 e. The zero-order valence-electron chi connectivity index (χ0n) is 24.6. The maximum Gasteiger partial charge on any atom is 0.211 e. The number of hydrogen-bond acceptors (Lipinski definition) is 2. The molecule has 7 unspecified atom stereocenters. The van der Waals surface area contributed by atoms with E-state index in [2.05, 4.69) is 93.6 Å². The van der Waals surface area contributed by atoms with Gasteiger partial charge < -0.3 is 9.47 Å². The first-order valence-corrected chi connectivity index (χ1v) is 16.2. The van der Waals surface area contributed by atoms with Gasteiger partial charge in [0.05, 0.1) is 12.0 Å². The first-order valence-electron chi connectivity index (χ1n) is 16.2. The van der Waals surface area contributed by atoms with Gasteiger partial charge >= 0.3 is 0 Å². The Kier molecular flexibility index (Phi) is 7.25. The molecule has 3 aromatic rings. The molecule has 2 bridgehead atoms. The molecule has 3 aromatic carbocycles. The van der Waals surface area contributed by atoms with Crippen molar-refractivity contribution >= 4 is 0 Å². The zero-order chi connectivity index (χ0) is 27.2. The van der Waals surface area contributed by atoms with Gasteiger partial charge in [-0.2, -0.15) is 0 Å². The summed E-state index contributed by atoms with van der Waals surface area (Å²) in [6, 6.07) is 26.9. The summed E-state index contributed by atoms with van der Waals surface area (Å²) in [4.78, 5) is 0. The van der Waals surface area contributed by atoms with Gasteiger partial charge in [-0.25, -0.2) is 0 Å². The Morgan fingerprint density at radius 1 is 0.775 bits per heavy atom. The molecule has 0 aromatic heterocycles. The van der Waals surface area contributed by atoms with Gasteiger partial charge in [0.2, 0.25) is 6.29 Å². The van der Waals surface area contributed by atoms with Crippen LogP contribution in [0, 0.1) is 29.6 Å². The van der Waals surface area contributed by atoms with Gasteiger partial charge in [-0.15, -0.1) is 0 Å². The molecule has 7 rings (SSSR count). The van der Waals surface area contributed by atoms with E-state index in [0.717, 1.165) is 29.9 Å². The molecular formula is C38H46O2. The summed E-state index contributed by atoms with van der Waals surface area (Å²) in [5.74, 6) is 5.71. The maximum atomic E-state index is 7.24. The van der Waals surface area contributed by atoms with Gasteiger partial charge in [0, 0.05) is 0 Å². The van der Waals surface area contributed by atoms with Crippen LogP contribution < -0.4 is 4.74 Å². The van der Waals surface area contributed by atoms with Crippen molar-refractivity contribution in [1.82, 2.24) is 0 Å². The fraction of sp³-hybridized carbons (Fsp3) is 0.526. The molecule has 0 saturated heterocycles. The molecule has 0 aliphatic heterocycles. The first kappa shape index (κ1) is 26.3. The Morgan fingerprint density at radius 2 is 1.45 bits per heavy atom. The highest BCUT2D eigenvalue weighted by atomic mass is 16.7. The molecule has 0 heterocycles. The first-order chi connectivity index (χ1) is 19.6. The van der Waals surface area contributed by atoms with Crippen molar-refractivity contribution in [2.24, 2.45) is 29.6 Å². The van der Waals surface area contributed by atoms with Gasteiger partial charge in [-0.3, -0.25) is 0 Å². The van der Waals surface area contributed by atoms with E-state index < -0.39 is 0 Å². The van der Waals surface area contributed by atoms with Crippen LogP contribution in [0.5, 0.6) is 5.75 Å². The Bertz CT molecular complexity index is 1260. The van der Waals surface area contributed by atoms with E-state index in [-0.39, 0.29) is 12.2 Å². The second-order valence-corrected chi connectivity index (χ2v) is 13.7. The third-order valence-electron chi connectivity index (χ3n) is 11.0. The summed E-state index contributed by atoms with van der Waals surface area (Å²) in [5.41, 5.74) is 6.97. The Hall–Kier alpha value is -2.58. The predicted molar refractivity (Wildman–Crippen MR) is 163 cm³/mol. The second-order valence-electron chi connectivity index (χ2n) is 13.7. The van der Waals surface area contributed by atoms with Gasteiger partial charge in [0.25, 0.3) is 0 Å². The van der Waals surface area contributed by atoms with Gasteiger partial charge in [0.1, 0.15) is 5.75 Å². The maximum absolute atomic E-state index is 7.24. The normalized spacial score (nSPS) is 28.2. The molecule has 2 nitrogen and oxygen atoms in total. The number of rotatable bonds is 9. The molecule has 3 fully saturated rings. The van der Waals surface area contributed by atoms with Crippen molar-refractivity contribution in [2.45, 2.75) is 96.4 Å². The predicted octanol–water partition coefficient (Wildman–Crippen LogP) is 9.51. The lowest BCUT2D eigenvalue weighted by molar-refractivity contribution is -0.149. The molecule has 0 amide bonds. The van der Waals surface area contributed by atoms with Crippen LogP contribution in [0.15, 0.2) is 72.8 Å². The highest BCUT2D eigenvalue weighted by Gasteiger charge is 2.55. The number of benzene rings is 3. The average Bonchev–Trinajstić information content (AvgIpc) is 3.69. The van der Waals surface area contributed by atoms with Crippen LogP contribution in [0.3, 0.4) is 0 Å². The Balaban J connectivity index is 1.22. The molecule has 210 valence electrons. The Labute approximate surface area is 241 Å². The topological polar surface area (TPSA) is 18.5 Å². The summed E-state index contributed by atoms with van der Waals surface area (Å²) in [5, 5.41) is 0. The van der Waals surface area contributed by atoms with Crippen LogP contribution in [0.1, 0.15) is 105 Å². The SMILES string of the molecule is CCC(CC(C)C)c1ccc(OC(OC2CC3CC2C2CCCC32)C2c3ccccc3Cc3ccccc32)cc1. The summed E-state index contributed by atoms with van der Waals surface area (Å²) >= 11 is 0. The third-order valence-corrected chi connectivity index (χ3v) is 11.0. The largest absolute Gasteiger partial charge is 0.464 e. The van der Waals surface area contributed by atoms with E-state index >= 15 is 0 Å². The minimum atomic E-state index is -0.338. The van der Waals surface area contributed by atoms with Crippen LogP contribution >= 0.6 is 0 Å². The van der Waals surface area contributed by atoms with E-state index in [1.54, 1.807) is 0 Å². The Morgan fingerprint density at radius 3 is 2.12 bits per heavy atom. The van der Waals surface area contributed by atoms with E-state index in [9.17, 15) is 0 Å².